The van der Waals surface area contributed by atoms with Gasteiger partial charge in [0.05, 0.1) is 17.9 Å². The Kier molecular flexibility index (Phi) is 7.51. The van der Waals surface area contributed by atoms with Crippen LogP contribution in [-0.2, 0) is 19.1 Å². The number of likely N-dealkylation sites (tertiary alicyclic amines) is 1. The SMILES string of the molecule is C=CCN(C)C(=O)[C@H]1[C@H]2C(=O)N(CCCO)C(C(=O)N(CC=C)C(C)C)C23CC(Br)[C@@H]1O3. The maximum atomic E-state index is 13.9. The zero-order chi connectivity index (χ0) is 23.8. The number of halogens is 1. The summed E-state index contributed by atoms with van der Waals surface area (Å²) in [5.74, 6) is -2.03. The van der Waals surface area contributed by atoms with Crippen LogP contribution in [0.4, 0.5) is 0 Å². The van der Waals surface area contributed by atoms with Gasteiger partial charge in [0.25, 0.3) is 0 Å². The average Bonchev–Trinajstić information content (AvgIpc) is 3.33. The molecule has 1 spiro atoms. The van der Waals surface area contributed by atoms with E-state index in [-0.39, 0.29) is 41.7 Å². The molecule has 0 radical (unpaired) electrons. The van der Waals surface area contributed by atoms with Gasteiger partial charge in [0.2, 0.25) is 17.7 Å². The number of amides is 3. The van der Waals surface area contributed by atoms with E-state index >= 15 is 0 Å². The quantitative estimate of drug-likeness (QED) is 0.351. The van der Waals surface area contributed by atoms with Crippen molar-refractivity contribution < 1.29 is 24.2 Å². The van der Waals surface area contributed by atoms with E-state index in [0.29, 0.717) is 25.9 Å². The van der Waals surface area contributed by atoms with E-state index in [1.807, 2.05) is 13.8 Å². The number of fused-ring (bicyclic) bond motifs is 1. The second kappa shape index (κ2) is 9.65. The van der Waals surface area contributed by atoms with Gasteiger partial charge < -0.3 is 24.5 Å². The largest absolute Gasteiger partial charge is 0.396 e. The highest BCUT2D eigenvalue weighted by Crippen LogP contribution is 2.60. The molecule has 3 heterocycles. The Labute approximate surface area is 198 Å². The van der Waals surface area contributed by atoms with Crippen LogP contribution in [0.5, 0.6) is 0 Å². The Balaban J connectivity index is 2.06. The topological polar surface area (TPSA) is 90.4 Å². The van der Waals surface area contributed by atoms with Crippen LogP contribution in [0, 0.1) is 11.8 Å². The molecule has 0 aromatic heterocycles. The molecule has 8 nitrogen and oxygen atoms in total. The molecule has 9 heteroatoms. The standard InChI is InChI=1S/C23H34BrN3O5/c1-6-9-25(5)20(29)16-17-21(30)27(11-8-12-28)19(22(31)26(10-7-2)14(3)4)23(17)13-15(24)18(16)32-23/h6-7,14-19,28H,1-2,8-13H2,3-5H3/t15?,16-,17-,18-,19?,23?/m0/s1. The van der Waals surface area contributed by atoms with Crippen molar-refractivity contribution in [2.45, 2.75) is 55.3 Å². The van der Waals surface area contributed by atoms with Gasteiger partial charge in [0.1, 0.15) is 11.6 Å². The molecule has 3 aliphatic heterocycles. The first-order valence-corrected chi connectivity index (χ1v) is 12.1. The second-order valence-corrected chi connectivity index (χ2v) is 10.3. The minimum atomic E-state index is -1.08. The molecule has 3 saturated heterocycles. The van der Waals surface area contributed by atoms with E-state index in [2.05, 4.69) is 29.1 Å². The Bertz CT molecular complexity index is 790. The molecular weight excluding hydrogens is 478 g/mol. The number of likely N-dealkylation sites (N-methyl/N-ethyl adjacent to an activating group) is 1. The van der Waals surface area contributed by atoms with Gasteiger partial charge in [-0.3, -0.25) is 14.4 Å². The molecule has 3 aliphatic rings. The summed E-state index contributed by atoms with van der Waals surface area (Å²) in [6, 6.07) is -0.943. The molecular formula is C23H34BrN3O5. The highest BCUT2D eigenvalue weighted by atomic mass is 79.9. The van der Waals surface area contributed by atoms with Gasteiger partial charge in [-0.25, -0.2) is 0 Å². The monoisotopic (exact) mass is 511 g/mol. The van der Waals surface area contributed by atoms with Gasteiger partial charge in [-0.15, -0.1) is 13.2 Å². The molecule has 6 atom stereocenters. The van der Waals surface area contributed by atoms with Gasteiger partial charge in [0.15, 0.2) is 0 Å². The normalized spacial score (nSPS) is 32.9. The van der Waals surface area contributed by atoms with Crippen LogP contribution in [0.3, 0.4) is 0 Å². The Morgan fingerprint density at radius 2 is 1.97 bits per heavy atom. The number of aliphatic hydroxyl groups excluding tert-OH is 1. The van der Waals surface area contributed by atoms with Crippen molar-refractivity contribution >= 4 is 33.7 Å². The molecule has 0 aliphatic carbocycles. The number of carbonyl (C=O) groups is 3. The number of hydrogen-bond acceptors (Lipinski definition) is 5. The van der Waals surface area contributed by atoms with Crippen molar-refractivity contribution in [2.24, 2.45) is 11.8 Å². The number of ether oxygens (including phenoxy) is 1. The lowest BCUT2D eigenvalue weighted by Crippen LogP contribution is -2.58. The zero-order valence-electron chi connectivity index (χ0n) is 19.1. The third kappa shape index (κ3) is 3.82. The van der Waals surface area contributed by atoms with Crippen LogP contribution in [0.15, 0.2) is 25.3 Å². The molecule has 178 valence electrons. The third-order valence-electron chi connectivity index (χ3n) is 6.88. The number of aliphatic hydroxyl groups is 1. The zero-order valence-corrected chi connectivity index (χ0v) is 20.7. The minimum absolute atomic E-state index is 0.0970. The maximum absolute atomic E-state index is 13.9. The summed E-state index contributed by atoms with van der Waals surface area (Å²) in [4.78, 5) is 45.6. The van der Waals surface area contributed by atoms with Gasteiger partial charge in [-0.1, -0.05) is 28.1 Å². The summed E-state index contributed by atoms with van der Waals surface area (Å²) in [7, 11) is 1.68. The highest BCUT2D eigenvalue weighted by Gasteiger charge is 2.76. The van der Waals surface area contributed by atoms with Crippen molar-refractivity contribution in [3.8, 4) is 0 Å². The number of alkyl halides is 1. The van der Waals surface area contributed by atoms with Crippen LogP contribution in [0.2, 0.25) is 0 Å². The van der Waals surface area contributed by atoms with E-state index in [4.69, 9.17) is 4.74 Å². The summed E-state index contributed by atoms with van der Waals surface area (Å²) in [5.41, 5.74) is -1.08. The number of carbonyl (C=O) groups excluding carboxylic acids is 3. The molecule has 2 bridgehead atoms. The minimum Gasteiger partial charge on any atom is -0.396 e. The fourth-order valence-electron chi connectivity index (χ4n) is 5.56. The Hall–Kier alpha value is -1.71. The molecule has 0 saturated carbocycles. The molecule has 3 rings (SSSR count). The van der Waals surface area contributed by atoms with Crippen molar-refractivity contribution in [1.82, 2.24) is 14.7 Å². The van der Waals surface area contributed by atoms with Gasteiger partial charge in [-0.05, 0) is 26.7 Å². The van der Waals surface area contributed by atoms with Crippen molar-refractivity contribution in [3.05, 3.63) is 25.3 Å². The van der Waals surface area contributed by atoms with Gasteiger partial charge >= 0.3 is 0 Å². The second-order valence-electron chi connectivity index (χ2n) is 9.15. The lowest BCUT2D eigenvalue weighted by atomic mass is 9.70. The fourth-order valence-corrected chi connectivity index (χ4v) is 6.50. The highest BCUT2D eigenvalue weighted by molar-refractivity contribution is 9.09. The predicted molar refractivity (Wildman–Crippen MR) is 124 cm³/mol. The number of nitrogens with zero attached hydrogens (tertiary/aromatic N) is 3. The van der Waals surface area contributed by atoms with Gasteiger partial charge in [-0.2, -0.15) is 0 Å². The van der Waals surface area contributed by atoms with Crippen molar-refractivity contribution in [2.75, 3.05) is 33.3 Å². The first-order valence-electron chi connectivity index (χ1n) is 11.2. The predicted octanol–water partition coefficient (Wildman–Crippen LogP) is 1.18. The molecule has 0 aromatic rings. The average molecular weight is 512 g/mol. The van der Waals surface area contributed by atoms with Crippen LogP contribution >= 0.6 is 15.9 Å². The summed E-state index contributed by atoms with van der Waals surface area (Å²) < 4.78 is 6.46. The molecule has 3 fully saturated rings. The lowest BCUT2D eigenvalue weighted by Gasteiger charge is -2.38. The molecule has 3 unspecified atom stereocenters. The van der Waals surface area contributed by atoms with E-state index < -0.39 is 29.6 Å². The smallest absolute Gasteiger partial charge is 0.248 e. The number of rotatable bonds is 10. The van der Waals surface area contributed by atoms with E-state index in [9.17, 15) is 19.5 Å². The summed E-state index contributed by atoms with van der Waals surface area (Å²) >= 11 is 3.66. The third-order valence-corrected chi connectivity index (χ3v) is 7.72. The lowest BCUT2D eigenvalue weighted by molar-refractivity contribution is -0.149. The Morgan fingerprint density at radius 1 is 1.31 bits per heavy atom. The summed E-state index contributed by atoms with van der Waals surface area (Å²) in [5, 5.41) is 9.41. The number of hydrogen-bond donors (Lipinski definition) is 1. The first-order chi connectivity index (χ1) is 15.2. The molecule has 0 aromatic carbocycles. The van der Waals surface area contributed by atoms with E-state index in [1.165, 1.54) is 4.90 Å². The summed E-state index contributed by atoms with van der Waals surface area (Å²) in [6.45, 7) is 12.1. The van der Waals surface area contributed by atoms with Crippen LogP contribution < -0.4 is 0 Å². The van der Waals surface area contributed by atoms with E-state index in [1.54, 1.807) is 29.0 Å². The summed E-state index contributed by atoms with van der Waals surface area (Å²) in [6.07, 6.45) is 3.64. The van der Waals surface area contributed by atoms with Crippen molar-refractivity contribution in [3.63, 3.8) is 0 Å². The van der Waals surface area contributed by atoms with Crippen molar-refractivity contribution in [1.29, 1.82) is 0 Å². The maximum Gasteiger partial charge on any atom is 0.248 e. The fraction of sp³-hybridized carbons (Fsp3) is 0.696. The first kappa shape index (κ1) is 24.9. The molecule has 32 heavy (non-hydrogen) atoms. The molecule has 3 amide bonds. The Morgan fingerprint density at radius 3 is 2.53 bits per heavy atom. The van der Waals surface area contributed by atoms with Crippen LogP contribution in [-0.4, -0.2) is 99.4 Å². The van der Waals surface area contributed by atoms with Crippen LogP contribution in [0.25, 0.3) is 0 Å². The van der Waals surface area contributed by atoms with Gasteiger partial charge in [0, 0.05) is 44.2 Å². The molecule has 1 N–H and O–H groups in total. The van der Waals surface area contributed by atoms with E-state index in [0.717, 1.165) is 0 Å². The van der Waals surface area contributed by atoms with Crippen LogP contribution in [0.1, 0.15) is 26.7 Å².